The molecule has 0 bridgehead atoms. The van der Waals surface area contributed by atoms with Crippen molar-refractivity contribution in [2.24, 2.45) is 0 Å². The lowest BCUT2D eigenvalue weighted by Gasteiger charge is -2.09. The van der Waals surface area contributed by atoms with Crippen LogP contribution in [-0.4, -0.2) is 24.8 Å². The molecule has 0 fully saturated rings. The van der Waals surface area contributed by atoms with Crippen LogP contribution in [0.3, 0.4) is 0 Å². The Balaban J connectivity index is 3.53. The lowest BCUT2D eigenvalue weighted by Crippen LogP contribution is -1.97. The fraction of sp³-hybridized carbons (Fsp3) is 0.200. The maximum atomic E-state index is 10.6. The number of ether oxygens (including phenoxy) is 1. The van der Waals surface area contributed by atoms with Crippen LogP contribution in [0.2, 0.25) is 0 Å². The zero-order valence-corrected chi connectivity index (χ0v) is 7.90. The molecule has 4 nitrogen and oxygen atoms in total. The van der Waals surface area contributed by atoms with E-state index in [2.05, 4.69) is 0 Å². The van der Waals surface area contributed by atoms with Gasteiger partial charge in [-0.1, -0.05) is 0 Å². The number of rotatable bonds is 3. The smallest absolute Gasteiger partial charge is 0.154 e. The molecule has 0 amide bonds. The van der Waals surface area contributed by atoms with Gasteiger partial charge >= 0.3 is 0 Å². The van der Waals surface area contributed by atoms with Crippen LogP contribution in [0.15, 0.2) is 6.07 Å². The number of aromatic hydroxyl groups is 1. The Hall–Kier alpha value is -1.84. The van der Waals surface area contributed by atoms with Crippen molar-refractivity contribution in [3.63, 3.8) is 0 Å². The summed E-state index contributed by atoms with van der Waals surface area (Å²) in [5.74, 6) is 0.177. The minimum atomic E-state index is -0.207. The van der Waals surface area contributed by atoms with Gasteiger partial charge < -0.3 is 9.84 Å². The summed E-state index contributed by atoms with van der Waals surface area (Å²) in [6.45, 7) is 1.61. The number of hydrogen-bond acceptors (Lipinski definition) is 4. The van der Waals surface area contributed by atoms with Gasteiger partial charge in [-0.2, -0.15) is 0 Å². The second-order valence-corrected chi connectivity index (χ2v) is 2.79. The van der Waals surface area contributed by atoms with Crippen LogP contribution in [-0.2, 0) is 0 Å². The molecule has 1 rings (SSSR count). The summed E-state index contributed by atoms with van der Waals surface area (Å²) in [6, 6.07) is 1.42. The monoisotopic (exact) mass is 194 g/mol. The molecule has 0 heterocycles. The van der Waals surface area contributed by atoms with Gasteiger partial charge in [0.1, 0.15) is 11.5 Å². The SMILES string of the molecule is COc1cc(C=O)c(C=O)c(O)c1C. The molecule has 1 N–H and O–H groups in total. The van der Waals surface area contributed by atoms with Crippen LogP contribution < -0.4 is 4.74 Å². The molecule has 0 aromatic heterocycles. The van der Waals surface area contributed by atoms with Gasteiger partial charge in [0, 0.05) is 11.1 Å². The lowest BCUT2D eigenvalue weighted by atomic mass is 10.0. The molecule has 0 saturated heterocycles. The number of phenols is 1. The van der Waals surface area contributed by atoms with Gasteiger partial charge in [0.2, 0.25) is 0 Å². The molecule has 0 radical (unpaired) electrons. The fourth-order valence-corrected chi connectivity index (χ4v) is 1.22. The van der Waals surface area contributed by atoms with Crippen LogP contribution in [0.5, 0.6) is 11.5 Å². The number of carbonyl (C=O) groups excluding carboxylic acids is 2. The maximum absolute atomic E-state index is 10.6. The first kappa shape index (κ1) is 10.2. The van der Waals surface area contributed by atoms with E-state index < -0.39 is 0 Å². The summed E-state index contributed by atoms with van der Waals surface area (Å²) < 4.78 is 4.93. The molecular weight excluding hydrogens is 184 g/mol. The molecule has 74 valence electrons. The molecule has 0 aliphatic heterocycles. The van der Waals surface area contributed by atoms with E-state index in [-0.39, 0.29) is 16.9 Å². The first-order valence-electron chi connectivity index (χ1n) is 3.96. The summed E-state index contributed by atoms with van der Waals surface area (Å²) in [5.41, 5.74) is 0.568. The van der Waals surface area contributed by atoms with Gasteiger partial charge in [0.25, 0.3) is 0 Å². The second-order valence-electron chi connectivity index (χ2n) is 2.79. The number of phenolic OH excluding ortho intramolecular Hbond substituents is 1. The highest BCUT2D eigenvalue weighted by Gasteiger charge is 2.14. The first-order valence-corrected chi connectivity index (χ1v) is 3.96. The molecule has 0 unspecified atom stereocenters. The Bertz CT molecular complexity index is 382. The van der Waals surface area contributed by atoms with Crippen molar-refractivity contribution in [3.05, 3.63) is 22.8 Å². The van der Waals surface area contributed by atoms with Crippen molar-refractivity contribution in [2.75, 3.05) is 7.11 Å². The third-order valence-corrected chi connectivity index (χ3v) is 2.04. The lowest BCUT2D eigenvalue weighted by molar-refractivity contribution is 0.109. The zero-order chi connectivity index (χ0) is 10.7. The number of hydrogen-bond donors (Lipinski definition) is 1. The molecule has 1 aromatic carbocycles. The van der Waals surface area contributed by atoms with Gasteiger partial charge in [0.05, 0.1) is 12.7 Å². The number of aldehydes is 2. The summed E-state index contributed by atoms with van der Waals surface area (Å²) >= 11 is 0. The van der Waals surface area contributed by atoms with Gasteiger partial charge in [-0.25, -0.2) is 0 Å². The van der Waals surface area contributed by atoms with Crippen LogP contribution in [0, 0.1) is 6.92 Å². The van der Waals surface area contributed by atoms with Crippen molar-refractivity contribution in [3.8, 4) is 11.5 Å². The molecule has 1 aromatic rings. The van der Waals surface area contributed by atoms with Crippen molar-refractivity contribution < 1.29 is 19.4 Å². The predicted molar refractivity (Wildman–Crippen MR) is 50.2 cm³/mol. The molecular formula is C10H10O4. The van der Waals surface area contributed by atoms with E-state index in [9.17, 15) is 14.7 Å². The Morgan fingerprint density at radius 3 is 2.43 bits per heavy atom. The van der Waals surface area contributed by atoms with Gasteiger partial charge in [-0.3, -0.25) is 9.59 Å². The number of carbonyl (C=O) groups is 2. The quantitative estimate of drug-likeness (QED) is 0.737. The fourth-order valence-electron chi connectivity index (χ4n) is 1.22. The molecule has 0 saturated carbocycles. The van der Waals surface area contributed by atoms with Crippen molar-refractivity contribution in [1.29, 1.82) is 0 Å². The predicted octanol–water partition coefficient (Wildman–Crippen LogP) is 1.33. The first-order chi connectivity index (χ1) is 6.65. The highest BCUT2D eigenvalue weighted by Crippen LogP contribution is 2.31. The minimum Gasteiger partial charge on any atom is -0.507 e. The number of benzene rings is 1. The second kappa shape index (κ2) is 3.91. The zero-order valence-electron chi connectivity index (χ0n) is 7.90. The van der Waals surface area contributed by atoms with E-state index in [0.717, 1.165) is 0 Å². The van der Waals surface area contributed by atoms with Crippen molar-refractivity contribution in [2.45, 2.75) is 6.92 Å². The van der Waals surface area contributed by atoms with Crippen LogP contribution >= 0.6 is 0 Å². The summed E-state index contributed by atoms with van der Waals surface area (Å²) in [6.07, 6.45) is 0.955. The molecule has 0 aliphatic rings. The van der Waals surface area contributed by atoms with E-state index in [1.54, 1.807) is 6.92 Å². The van der Waals surface area contributed by atoms with Crippen LogP contribution in [0.1, 0.15) is 26.3 Å². The van der Waals surface area contributed by atoms with Crippen LogP contribution in [0.25, 0.3) is 0 Å². The van der Waals surface area contributed by atoms with E-state index in [1.165, 1.54) is 13.2 Å². The Morgan fingerprint density at radius 1 is 1.36 bits per heavy atom. The molecule has 14 heavy (non-hydrogen) atoms. The summed E-state index contributed by atoms with van der Waals surface area (Å²) in [5, 5.41) is 9.55. The molecule has 0 spiro atoms. The highest BCUT2D eigenvalue weighted by atomic mass is 16.5. The van der Waals surface area contributed by atoms with Gasteiger partial charge in [0.15, 0.2) is 12.6 Å². The third-order valence-electron chi connectivity index (χ3n) is 2.04. The highest BCUT2D eigenvalue weighted by molar-refractivity contribution is 5.94. The molecule has 4 heteroatoms. The van der Waals surface area contributed by atoms with Crippen molar-refractivity contribution >= 4 is 12.6 Å². The Kier molecular flexibility index (Phi) is 2.86. The Morgan fingerprint density at radius 2 is 2.00 bits per heavy atom. The molecule has 0 aliphatic carbocycles. The third kappa shape index (κ3) is 1.46. The topological polar surface area (TPSA) is 63.6 Å². The Labute approximate surface area is 81.1 Å². The van der Waals surface area contributed by atoms with Gasteiger partial charge in [-0.15, -0.1) is 0 Å². The van der Waals surface area contributed by atoms with E-state index in [4.69, 9.17) is 4.74 Å². The maximum Gasteiger partial charge on any atom is 0.154 e. The summed E-state index contributed by atoms with van der Waals surface area (Å²) in [7, 11) is 1.43. The standard InChI is InChI=1S/C10H10O4/c1-6-9(14-2)3-7(4-11)8(5-12)10(6)13/h3-5,13H,1-2H3. The molecule has 0 atom stereocenters. The van der Waals surface area contributed by atoms with Crippen LogP contribution in [0.4, 0.5) is 0 Å². The van der Waals surface area contributed by atoms with E-state index in [1.807, 2.05) is 0 Å². The normalized spacial score (nSPS) is 9.57. The van der Waals surface area contributed by atoms with Crippen molar-refractivity contribution in [1.82, 2.24) is 0 Å². The van der Waals surface area contributed by atoms with Gasteiger partial charge in [-0.05, 0) is 13.0 Å². The van der Waals surface area contributed by atoms with E-state index >= 15 is 0 Å². The summed E-state index contributed by atoms with van der Waals surface area (Å²) in [4.78, 5) is 21.2. The average molecular weight is 194 g/mol. The minimum absolute atomic E-state index is 0.00157. The van der Waals surface area contributed by atoms with E-state index in [0.29, 0.717) is 23.9 Å². The number of methoxy groups -OCH3 is 1. The average Bonchev–Trinajstić information content (AvgIpc) is 2.21. The largest absolute Gasteiger partial charge is 0.507 e.